The van der Waals surface area contributed by atoms with Gasteiger partial charge in [-0.1, -0.05) is 61.5 Å². The number of nitrogens with one attached hydrogen (secondary N) is 4. The van der Waals surface area contributed by atoms with Crippen molar-refractivity contribution in [3.05, 3.63) is 91.0 Å². The van der Waals surface area contributed by atoms with Crippen molar-refractivity contribution in [3.63, 3.8) is 0 Å². The van der Waals surface area contributed by atoms with Crippen molar-refractivity contribution >= 4 is 35.3 Å². The molecule has 4 N–H and O–H groups in total. The predicted octanol–water partition coefficient (Wildman–Crippen LogP) is 5.45. The fourth-order valence-corrected chi connectivity index (χ4v) is 3.09. The maximum absolute atomic E-state index is 12.7. The first-order valence-corrected chi connectivity index (χ1v) is 11.1. The third-order valence-electron chi connectivity index (χ3n) is 5.09. The van der Waals surface area contributed by atoms with Gasteiger partial charge in [0.15, 0.2) is 0 Å². The van der Waals surface area contributed by atoms with E-state index < -0.39 is 23.8 Å². The summed E-state index contributed by atoms with van der Waals surface area (Å²) in [6.45, 7) is 1.33. The molecule has 0 radical (unpaired) electrons. The maximum atomic E-state index is 12.7. The molecule has 0 aliphatic carbocycles. The molecule has 0 aliphatic rings. The first kappa shape index (κ1) is 25.1. The summed E-state index contributed by atoms with van der Waals surface area (Å²) in [5.41, 5.74) is 0.530. The average Bonchev–Trinajstić information content (AvgIpc) is 2.87. The van der Waals surface area contributed by atoms with Crippen LogP contribution in [0.4, 0.5) is 31.4 Å². The number of rotatable bonds is 9. The number of hydrogen-bond donors (Lipinski definition) is 4. The van der Waals surface area contributed by atoms with Crippen molar-refractivity contribution in [3.8, 4) is 0 Å². The minimum atomic E-state index is -1.18. The van der Waals surface area contributed by atoms with Gasteiger partial charge in [-0.3, -0.25) is 10.6 Å². The minimum absolute atomic E-state index is 0.233. The zero-order chi connectivity index (χ0) is 24.9. The number of urea groups is 1. The zero-order valence-electron chi connectivity index (χ0n) is 19.3. The Morgan fingerprint density at radius 2 is 1.00 bits per heavy atom. The molecule has 3 rings (SSSR count). The topological polar surface area (TPSA) is 118 Å². The van der Waals surface area contributed by atoms with Gasteiger partial charge in [0.25, 0.3) is 0 Å². The van der Waals surface area contributed by atoms with E-state index >= 15 is 0 Å². The van der Waals surface area contributed by atoms with E-state index in [-0.39, 0.29) is 13.2 Å². The highest BCUT2D eigenvalue weighted by atomic mass is 16.6. The van der Waals surface area contributed by atoms with Crippen molar-refractivity contribution < 1.29 is 23.9 Å². The second kappa shape index (κ2) is 12.6. The second-order valence-corrected chi connectivity index (χ2v) is 7.71. The minimum Gasteiger partial charge on any atom is -0.447 e. The van der Waals surface area contributed by atoms with Crippen LogP contribution in [-0.4, -0.2) is 37.0 Å². The third-order valence-corrected chi connectivity index (χ3v) is 5.09. The summed E-state index contributed by atoms with van der Waals surface area (Å²) in [4.78, 5) is 37.4. The van der Waals surface area contributed by atoms with Crippen LogP contribution in [0.1, 0.15) is 13.3 Å². The molecule has 0 unspecified atom stereocenters. The molecular formula is C26H28N4O5. The number of benzene rings is 3. The third kappa shape index (κ3) is 8.39. The van der Waals surface area contributed by atoms with Gasteiger partial charge in [-0.2, -0.15) is 0 Å². The number of amides is 4. The summed E-state index contributed by atoms with van der Waals surface area (Å²) in [5, 5.41) is 10.8. The summed E-state index contributed by atoms with van der Waals surface area (Å²) in [5.74, 6) is 0. The standard InChI is InChI=1S/C26H28N4O5/c1-2-26(30-23(31)27-20-12-6-3-7-13-20,18-34-24(32)28-21-14-8-4-9-15-21)19-35-25(33)29-22-16-10-5-11-17-22/h3-17H,2,18-19H2,1H3,(H,28,32)(H,29,33)(H2,27,30,31). The van der Waals surface area contributed by atoms with Crippen molar-refractivity contribution in [1.29, 1.82) is 0 Å². The molecule has 0 saturated carbocycles. The van der Waals surface area contributed by atoms with Gasteiger partial charge in [0.1, 0.15) is 18.8 Å². The zero-order valence-corrected chi connectivity index (χ0v) is 19.3. The molecule has 0 aliphatic heterocycles. The molecule has 182 valence electrons. The SMILES string of the molecule is CCC(COC(=O)Nc1ccccc1)(COC(=O)Nc1ccccc1)NC(=O)Nc1ccccc1. The molecular weight excluding hydrogens is 448 g/mol. The van der Waals surface area contributed by atoms with Crippen molar-refractivity contribution in [2.75, 3.05) is 29.2 Å². The lowest BCUT2D eigenvalue weighted by molar-refractivity contribution is 0.0652. The molecule has 9 heteroatoms. The van der Waals surface area contributed by atoms with Gasteiger partial charge >= 0.3 is 18.2 Å². The lowest BCUT2D eigenvalue weighted by atomic mass is 9.98. The van der Waals surface area contributed by atoms with Gasteiger partial charge in [-0.05, 0) is 42.8 Å². The number of para-hydroxylation sites is 3. The molecule has 35 heavy (non-hydrogen) atoms. The van der Waals surface area contributed by atoms with Gasteiger partial charge in [-0.15, -0.1) is 0 Å². The highest BCUT2D eigenvalue weighted by Crippen LogP contribution is 2.16. The quantitative estimate of drug-likeness (QED) is 0.327. The number of hydrogen-bond acceptors (Lipinski definition) is 5. The monoisotopic (exact) mass is 476 g/mol. The van der Waals surface area contributed by atoms with E-state index in [1.54, 1.807) is 79.7 Å². The first-order valence-electron chi connectivity index (χ1n) is 11.1. The lowest BCUT2D eigenvalue weighted by Gasteiger charge is -2.32. The molecule has 3 aromatic carbocycles. The van der Waals surface area contributed by atoms with Crippen molar-refractivity contribution in [2.24, 2.45) is 0 Å². The molecule has 0 heterocycles. The Hall–Kier alpha value is -4.53. The first-order chi connectivity index (χ1) is 17.0. The van der Waals surface area contributed by atoms with Crippen LogP contribution in [-0.2, 0) is 9.47 Å². The average molecular weight is 477 g/mol. The van der Waals surface area contributed by atoms with E-state index in [4.69, 9.17) is 9.47 Å². The van der Waals surface area contributed by atoms with Crippen LogP contribution in [0.3, 0.4) is 0 Å². The number of carbonyl (C=O) groups excluding carboxylic acids is 3. The molecule has 0 atom stereocenters. The van der Waals surface area contributed by atoms with Crippen LogP contribution in [0.5, 0.6) is 0 Å². The Labute approximate surface area is 203 Å². The summed E-state index contributed by atoms with van der Waals surface area (Å²) in [6.07, 6.45) is -1.09. The largest absolute Gasteiger partial charge is 0.447 e. The fraction of sp³-hybridized carbons (Fsp3) is 0.192. The molecule has 0 bridgehead atoms. The van der Waals surface area contributed by atoms with Gasteiger partial charge in [0.2, 0.25) is 0 Å². The highest BCUT2D eigenvalue weighted by molar-refractivity contribution is 5.90. The van der Waals surface area contributed by atoms with Gasteiger partial charge in [0, 0.05) is 17.1 Å². The second-order valence-electron chi connectivity index (χ2n) is 7.71. The molecule has 4 amide bonds. The van der Waals surface area contributed by atoms with Crippen LogP contribution in [0.25, 0.3) is 0 Å². The van der Waals surface area contributed by atoms with Crippen molar-refractivity contribution in [2.45, 2.75) is 18.9 Å². The van der Waals surface area contributed by atoms with E-state index in [0.29, 0.717) is 23.5 Å². The van der Waals surface area contributed by atoms with Crippen molar-refractivity contribution in [1.82, 2.24) is 5.32 Å². The highest BCUT2D eigenvalue weighted by Gasteiger charge is 2.34. The van der Waals surface area contributed by atoms with Gasteiger partial charge in [-0.25, -0.2) is 14.4 Å². The van der Waals surface area contributed by atoms with E-state index in [0.717, 1.165) is 0 Å². The van der Waals surface area contributed by atoms with Crippen LogP contribution >= 0.6 is 0 Å². The number of carbonyl (C=O) groups is 3. The smallest absolute Gasteiger partial charge is 0.411 e. The summed E-state index contributed by atoms with van der Waals surface area (Å²) >= 11 is 0. The predicted molar refractivity (Wildman–Crippen MR) is 134 cm³/mol. The Morgan fingerprint density at radius 1 is 0.629 bits per heavy atom. The number of anilines is 3. The lowest BCUT2D eigenvalue weighted by Crippen LogP contribution is -2.57. The number of ether oxygens (including phenoxy) is 2. The Morgan fingerprint density at radius 3 is 1.37 bits per heavy atom. The van der Waals surface area contributed by atoms with E-state index in [1.807, 2.05) is 18.2 Å². The molecule has 0 spiro atoms. The van der Waals surface area contributed by atoms with E-state index in [1.165, 1.54) is 0 Å². The van der Waals surface area contributed by atoms with Gasteiger partial charge < -0.3 is 20.1 Å². The fourth-order valence-electron chi connectivity index (χ4n) is 3.09. The molecule has 3 aromatic rings. The molecule has 0 saturated heterocycles. The van der Waals surface area contributed by atoms with E-state index in [2.05, 4.69) is 21.3 Å². The molecule has 0 fully saturated rings. The van der Waals surface area contributed by atoms with Crippen LogP contribution < -0.4 is 21.3 Å². The maximum Gasteiger partial charge on any atom is 0.411 e. The summed E-state index contributed by atoms with van der Waals surface area (Å²) < 4.78 is 10.8. The summed E-state index contributed by atoms with van der Waals surface area (Å²) in [6, 6.07) is 26.0. The summed E-state index contributed by atoms with van der Waals surface area (Å²) in [7, 11) is 0. The Balaban J connectivity index is 1.65. The Bertz CT molecular complexity index is 1040. The molecule has 0 aromatic heterocycles. The van der Waals surface area contributed by atoms with Crippen LogP contribution in [0, 0.1) is 0 Å². The normalized spacial score (nSPS) is 10.5. The van der Waals surface area contributed by atoms with Gasteiger partial charge in [0.05, 0.1) is 0 Å². The molecule has 9 nitrogen and oxygen atoms in total. The van der Waals surface area contributed by atoms with E-state index in [9.17, 15) is 14.4 Å². The Kier molecular flexibility index (Phi) is 9.07. The van der Waals surface area contributed by atoms with Crippen LogP contribution in [0.15, 0.2) is 91.0 Å². The van der Waals surface area contributed by atoms with Crippen LogP contribution in [0.2, 0.25) is 0 Å².